The van der Waals surface area contributed by atoms with Crippen LogP contribution in [0.4, 0.5) is 14.5 Å². The molecule has 88 valence electrons. The number of nitrogens with two attached hydrogens (primary N) is 1. The third kappa shape index (κ3) is 2.47. The summed E-state index contributed by atoms with van der Waals surface area (Å²) in [4.78, 5) is 0. The molecule has 0 amide bonds. The van der Waals surface area contributed by atoms with Crippen molar-refractivity contribution in [1.82, 2.24) is 0 Å². The van der Waals surface area contributed by atoms with Crippen molar-refractivity contribution >= 4 is 17.3 Å². The number of hydrogen-bond donors (Lipinski definition) is 1. The monoisotopic (exact) mass is 255 g/mol. The van der Waals surface area contributed by atoms with E-state index >= 15 is 0 Å². The fourth-order valence-corrected chi connectivity index (χ4v) is 1.44. The number of halogens is 3. The number of benzene rings is 2. The van der Waals surface area contributed by atoms with Gasteiger partial charge in [-0.3, -0.25) is 0 Å². The largest absolute Gasteiger partial charge is 0.455 e. The molecule has 2 rings (SSSR count). The molecule has 17 heavy (non-hydrogen) atoms. The molecule has 0 aromatic heterocycles. The molecule has 0 saturated carbocycles. The summed E-state index contributed by atoms with van der Waals surface area (Å²) in [6, 6.07) is 8.06. The first-order chi connectivity index (χ1) is 8.08. The molecule has 0 atom stereocenters. The van der Waals surface area contributed by atoms with Gasteiger partial charge in [-0.2, -0.15) is 0 Å². The first kappa shape index (κ1) is 11.7. The summed E-state index contributed by atoms with van der Waals surface area (Å²) in [6.45, 7) is 0. The summed E-state index contributed by atoms with van der Waals surface area (Å²) in [5.41, 5.74) is 5.92. The van der Waals surface area contributed by atoms with E-state index < -0.39 is 11.6 Å². The van der Waals surface area contributed by atoms with E-state index in [-0.39, 0.29) is 11.4 Å². The van der Waals surface area contributed by atoms with Crippen molar-refractivity contribution < 1.29 is 13.5 Å². The number of anilines is 1. The molecule has 0 radical (unpaired) electrons. The quantitative estimate of drug-likeness (QED) is 0.824. The van der Waals surface area contributed by atoms with Gasteiger partial charge in [0.15, 0.2) is 17.4 Å². The predicted molar refractivity (Wildman–Crippen MR) is 62.3 cm³/mol. The molecule has 0 spiro atoms. The van der Waals surface area contributed by atoms with Crippen LogP contribution in [0, 0.1) is 11.6 Å². The van der Waals surface area contributed by atoms with Gasteiger partial charge in [-0.15, -0.1) is 0 Å². The molecule has 2 aromatic rings. The molecule has 2 nitrogen and oxygen atoms in total. The van der Waals surface area contributed by atoms with E-state index in [4.69, 9.17) is 22.1 Å². The Morgan fingerprint density at radius 2 is 1.82 bits per heavy atom. The molecule has 5 heteroatoms. The van der Waals surface area contributed by atoms with Gasteiger partial charge in [-0.25, -0.2) is 8.78 Å². The third-order valence-corrected chi connectivity index (χ3v) is 2.46. The Morgan fingerprint density at radius 1 is 1.06 bits per heavy atom. The lowest BCUT2D eigenvalue weighted by atomic mass is 10.3. The average molecular weight is 256 g/mol. The molecule has 0 saturated heterocycles. The van der Waals surface area contributed by atoms with Crippen LogP contribution in [-0.2, 0) is 0 Å². The van der Waals surface area contributed by atoms with Gasteiger partial charge in [0.05, 0.1) is 10.7 Å². The smallest absolute Gasteiger partial charge is 0.162 e. The predicted octanol–water partition coefficient (Wildman–Crippen LogP) is 3.99. The van der Waals surface area contributed by atoms with Crippen LogP contribution in [0.3, 0.4) is 0 Å². The standard InChI is InChI=1S/C12H8ClF2NO/c13-8-2-1-3-11(12(8)16)17-7-4-5-9(14)10(15)6-7/h1-6H,16H2. The molecule has 0 bridgehead atoms. The van der Waals surface area contributed by atoms with E-state index in [9.17, 15) is 8.78 Å². The Bertz CT molecular complexity index is 560. The second-order valence-electron chi connectivity index (χ2n) is 3.33. The molecule has 0 heterocycles. The van der Waals surface area contributed by atoms with Crippen LogP contribution in [0.25, 0.3) is 0 Å². The van der Waals surface area contributed by atoms with Crippen molar-refractivity contribution in [3.8, 4) is 11.5 Å². The summed E-state index contributed by atoms with van der Waals surface area (Å²) < 4.78 is 31.0. The maximum atomic E-state index is 12.9. The van der Waals surface area contributed by atoms with E-state index in [1.165, 1.54) is 6.07 Å². The second-order valence-corrected chi connectivity index (χ2v) is 3.74. The fraction of sp³-hybridized carbons (Fsp3) is 0. The molecule has 0 unspecified atom stereocenters. The highest BCUT2D eigenvalue weighted by atomic mass is 35.5. The normalized spacial score (nSPS) is 10.3. The highest BCUT2D eigenvalue weighted by Crippen LogP contribution is 2.32. The van der Waals surface area contributed by atoms with Crippen molar-refractivity contribution in [1.29, 1.82) is 0 Å². The Hall–Kier alpha value is -1.81. The van der Waals surface area contributed by atoms with Gasteiger partial charge in [0.2, 0.25) is 0 Å². The van der Waals surface area contributed by atoms with Crippen LogP contribution in [0.5, 0.6) is 11.5 Å². The van der Waals surface area contributed by atoms with E-state index in [1.807, 2.05) is 0 Å². The molecule has 0 aliphatic heterocycles. The van der Waals surface area contributed by atoms with Crippen LogP contribution in [-0.4, -0.2) is 0 Å². The number of nitrogen functional groups attached to an aromatic ring is 1. The van der Waals surface area contributed by atoms with Gasteiger partial charge >= 0.3 is 0 Å². The number of para-hydroxylation sites is 1. The van der Waals surface area contributed by atoms with Crippen LogP contribution >= 0.6 is 11.6 Å². The second kappa shape index (κ2) is 4.59. The summed E-state index contributed by atoms with van der Waals surface area (Å²) in [6.07, 6.45) is 0. The minimum absolute atomic E-state index is 0.151. The Labute approximate surface area is 102 Å². The van der Waals surface area contributed by atoms with Gasteiger partial charge in [0, 0.05) is 6.07 Å². The number of ether oxygens (including phenoxy) is 1. The fourth-order valence-electron chi connectivity index (χ4n) is 1.27. The van der Waals surface area contributed by atoms with Gasteiger partial charge in [0.1, 0.15) is 5.75 Å². The van der Waals surface area contributed by atoms with Gasteiger partial charge in [-0.05, 0) is 24.3 Å². The zero-order valence-electron chi connectivity index (χ0n) is 8.58. The lowest BCUT2D eigenvalue weighted by molar-refractivity contribution is 0.463. The average Bonchev–Trinajstić information content (AvgIpc) is 2.30. The van der Waals surface area contributed by atoms with E-state index in [0.717, 1.165) is 12.1 Å². The molecular formula is C12H8ClF2NO. The number of hydrogen-bond acceptors (Lipinski definition) is 2. The highest BCUT2D eigenvalue weighted by Gasteiger charge is 2.07. The van der Waals surface area contributed by atoms with Crippen LogP contribution < -0.4 is 10.5 Å². The van der Waals surface area contributed by atoms with Crippen molar-refractivity contribution in [3.05, 3.63) is 53.1 Å². The van der Waals surface area contributed by atoms with Crippen molar-refractivity contribution in [2.24, 2.45) is 0 Å². The van der Waals surface area contributed by atoms with E-state index in [2.05, 4.69) is 0 Å². The van der Waals surface area contributed by atoms with Gasteiger partial charge < -0.3 is 10.5 Å². The zero-order valence-corrected chi connectivity index (χ0v) is 9.34. The lowest BCUT2D eigenvalue weighted by Crippen LogP contribution is -1.93. The minimum atomic E-state index is -0.983. The number of rotatable bonds is 2. The highest BCUT2D eigenvalue weighted by molar-refractivity contribution is 6.33. The summed E-state index contributed by atoms with van der Waals surface area (Å²) >= 11 is 5.80. The summed E-state index contributed by atoms with van der Waals surface area (Å²) in [5.74, 6) is -1.47. The van der Waals surface area contributed by atoms with E-state index in [1.54, 1.807) is 18.2 Å². The van der Waals surface area contributed by atoms with E-state index in [0.29, 0.717) is 10.8 Å². The first-order valence-corrected chi connectivity index (χ1v) is 5.12. The van der Waals surface area contributed by atoms with Crippen LogP contribution in [0.2, 0.25) is 5.02 Å². The minimum Gasteiger partial charge on any atom is -0.455 e. The molecule has 0 aliphatic carbocycles. The summed E-state index contributed by atoms with van der Waals surface area (Å²) in [7, 11) is 0. The molecular weight excluding hydrogens is 248 g/mol. The third-order valence-electron chi connectivity index (χ3n) is 2.13. The zero-order chi connectivity index (χ0) is 12.4. The van der Waals surface area contributed by atoms with Gasteiger partial charge in [0.25, 0.3) is 0 Å². The first-order valence-electron chi connectivity index (χ1n) is 4.75. The van der Waals surface area contributed by atoms with Crippen LogP contribution in [0.1, 0.15) is 0 Å². The summed E-state index contributed by atoms with van der Waals surface area (Å²) in [5, 5.41) is 0.338. The van der Waals surface area contributed by atoms with Crippen molar-refractivity contribution in [2.45, 2.75) is 0 Å². The van der Waals surface area contributed by atoms with Crippen molar-refractivity contribution in [2.75, 3.05) is 5.73 Å². The SMILES string of the molecule is Nc1c(Cl)cccc1Oc1ccc(F)c(F)c1. The van der Waals surface area contributed by atoms with Crippen molar-refractivity contribution in [3.63, 3.8) is 0 Å². The maximum Gasteiger partial charge on any atom is 0.162 e. The molecule has 0 aliphatic rings. The Morgan fingerprint density at radius 3 is 2.53 bits per heavy atom. The molecule has 2 N–H and O–H groups in total. The molecule has 0 fully saturated rings. The molecule has 2 aromatic carbocycles. The van der Waals surface area contributed by atoms with Gasteiger partial charge in [-0.1, -0.05) is 17.7 Å². The lowest BCUT2D eigenvalue weighted by Gasteiger charge is -2.09. The Balaban J connectivity index is 2.31. The Kier molecular flexibility index (Phi) is 3.15. The topological polar surface area (TPSA) is 35.2 Å². The van der Waals surface area contributed by atoms with Crippen LogP contribution in [0.15, 0.2) is 36.4 Å². The maximum absolute atomic E-state index is 12.9.